The minimum Gasteiger partial charge on any atom is -0.493 e. The summed E-state index contributed by atoms with van der Waals surface area (Å²) in [5.41, 5.74) is 4.32. The summed E-state index contributed by atoms with van der Waals surface area (Å²) in [5, 5.41) is 8.09. The van der Waals surface area contributed by atoms with Gasteiger partial charge in [0.2, 0.25) is 5.91 Å². The first-order valence-electron chi connectivity index (χ1n) is 10.9. The minimum atomic E-state index is 0.0892. The van der Waals surface area contributed by atoms with E-state index in [0.717, 1.165) is 73.3 Å². The first kappa shape index (κ1) is 20.0. The van der Waals surface area contributed by atoms with E-state index in [-0.39, 0.29) is 11.9 Å². The van der Waals surface area contributed by atoms with Gasteiger partial charge in [0.25, 0.3) is 0 Å². The quantitative estimate of drug-likeness (QED) is 0.831. The summed E-state index contributed by atoms with van der Waals surface area (Å²) in [5.74, 6) is 1.01. The fourth-order valence-corrected chi connectivity index (χ4v) is 4.63. The van der Waals surface area contributed by atoms with Gasteiger partial charge in [-0.05, 0) is 64.3 Å². The molecule has 2 aliphatic heterocycles. The van der Waals surface area contributed by atoms with Gasteiger partial charge in [-0.3, -0.25) is 9.48 Å². The molecule has 0 bridgehead atoms. The summed E-state index contributed by atoms with van der Waals surface area (Å²) < 4.78 is 8.39. The van der Waals surface area contributed by atoms with Crippen LogP contribution in [0.4, 0.5) is 5.69 Å². The number of aromatic nitrogens is 2. The second-order valence-electron chi connectivity index (χ2n) is 8.26. The molecule has 1 fully saturated rings. The molecule has 0 radical (unpaired) electrons. The van der Waals surface area contributed by atoms with Crippen molar-refractivity contribution in [1.29, 1.82) is 0 Å². The number of ether oxygens (including phenoxy) is 1. The molecule has 1 aromatic heterocycles. The maximum atomic E-state index is 12.3. The molecule has 29 heavy (non-hydrogen) atoms. The molecule has 1 amide bonds. The topological polar surface area (TPSA) is 59.4 Å². The molecule has 1 aromatic carbocycles. The Balaban J connectivity index is 1.74. The van der Waals surface area contributed by atoms with Crippen LogP contribution in [-0.4, -0.2) is 41.4 Å². The van der Waals surface area contributed by atoms with Crippen molar-refractivity contribution >= 4 is 11.6 Å². The number of rotatable bonds is 5. The average Bonchev–Trinajstić information content (AvgIpc) is 3.22. The summed E-state index contributed by atoms with van der Waals surface area (Å²) >= 11 is 0. The fraction of sp³-hybridized carbons (Fsp3) is 0.565. The van der Waals surface area contributed by atoms with Crippen molar-refractivity contribution in [2.75, 3.05) is 24.6 Å². The van der Waals surface area contributed by atoms with Gasteiger partial charge in [-0.2, -0.15) is 5.10 Å². The highest BCUT2D eigenvalue weighted by Crippen LogP contribution is 2.43. The summed E-state index contributed by atoms with van der Waals surface area (Å²) in [6, 6.07) is 4.86. The van der Waals surface area contributed by atoms with E-state index in [0.29, 0.717) is 12.6 Å². The van der Waals surface area contributed by atoms with Crippen LogP contribution >= 0.6 is 0 Å². The Hall–Kier alpha value is -2.34. The zero-order valence-corrected chi connectivity index (χ0v) is 17.8. The van der Waals surface area contributed by atoms with Gasteiger partial charge in [-0.25, -0.2) is 0 Å². The standard InChI is InChI=1S/C23H32N4O2/c1-4-13-29-23-20(18-14-25-26(15-18)19-9-11-24-12-10-19)7-8-22-21(23)6-5-16(2)27(22)17(3)28/h7-8,14-16,19,24H,4-6,9-13H2,1-3H3. The normalized spacial score (nSPS) is 19.8. The van der Waals surface area contributed by atoms with Crippen molar-refractivity contribution in [2.45, 2.75) is 65.0 Å². The van der Waals surface area contributed by atoms with Crippen LogP contribution in [0.3, 0.4) is 0 Å². The van der Waals surface area contributed by atoms with Gasteiger partial charge in [0, 0.05) is 35.9 Å². The molecule has 0 aliphatic carbocycles. The number of hydrogen-bond acceptors (Lipinski definition) is 4. The van der Waals surface area contributed by atoms with E-state index in [1.807, 2.05) is 11.1 Å². The van der Waals surface area contributed by atoms with E-state index >= 15 is 0 Å². The van der Waals surface area contributed by atoms with Crippen LogP contribution in [0, 0.1) is 0 Å². The molecule has 6 nitrogen and oxygen atoms in total. The van der Waals surface area contributed by atoms with Crippen LogP contribution in [0.15, 0.2) is 24.5 Å². The number of nitrogens with one attached hydrogen (secondary N) is 1. The third-order valence-corrected chi connectivity index (χ3v) is 6.13. The van der Waals surface area contributed by atoms with Crippen molar-refractivity contribution in [2.24, 2.45) is 0 Å². The fourth-order valence-electron chi connectivity index (χ4n) is 4.63. The third kappa shape index (κ3) is 3.90. The van der Waals surface area contributed by atoms with Crippen LogP contribution < -0.4 is 15.0 Å². The van der Waals surface area contributed by atoms with Gasteiger partial charge in [-0.15, -0.1) is 0 Å². The predicted molar refractivity (Wildman–Crippen MR) is 116 cm³/mol. The molecule has 156 valence electrons. The van der Waals surface area contributed by atoms with Crippen LogP contribution in [-0.2, 0) is 11.2 Å². The molecular formula is C23H32N4O2. The highest BCUT2D eigenvalue weighted by atomic mass is 16.5. The summed E-state index contributed by atoms with van der Waals surface area (Å²) in [7, 11) is 0. The lowest BCUT2D eigenvalue weighted by Crippen LogP contribution is -2.40. The van der Waals surface area contributed by atoms with E-state index in [1.165, 1.54) is 0 Å². The zero-order valence-electron chi connectivity index (χ0n) is 17.8. The van der Waals surface area contributed by atoms with Crippen molar-refractivity contribution in [1.82, 2.24) is 15.1 Å². The number of carbonyl (C=O) groups is 1. The molecule has 1 unspecified atom stereocenters. The first-order valence-corrected chi connectivity index (χ1v) is 10.9. The van der Waals surface area contributed by atoms with Gasteiger partial charge in [0.1, 0.15) is 5.75 Å². The average molecular weight is 397 g/mol. The number of hydrogen-bond donors (Lipinski definition) is 1. The number of benzene rings is 1. The van der Waals surface area contributed by atoms with Gasteiger partial charge in [-0.1, -0.05) is 6.92 Å². The molecule has 0 spiro atoms. The van der Waals surface area contributed by atoms with E-state index in [9.17, 15) is 4.79 Å². The number of anilines is 1. The monoisotopic (exact) mass is 396 g/mol. The van der Waals surface area contributed by atoms with Crippen LogP contribution in [0.2, 0.25) is 0 Å². The Kier molecular flexibility index (Phi) is 5.90. The summed E-state index contributed by atoms with van der Waals surface area (Å²) in [6.07, 6.45) is 9.15. The van der Waals surface area contributed by atoms with E-state index in [2.05, 4.69) is 47.3 Å². The Morgan fingerprint density at radius 3 is 2.79 bits per heavy atom. The van der Waals surface area contributed by atoms with Crippen molar-refractivity contribution in [3.8, 4) is 16.9 Å². The van der Waals surface area contributed by atoms with Crippen molar-refractivity contribution in [3.05, 3.63) is 30.1 Å². The number of carbonyl (C=O) groups excluding carboxylic acids is 1. The maximum Gasteiger partial charge on any atom is 0.224 e. The van der Waals surface area contributed by atoms with Gasteiger partial charge in [0.05, 0.1) is 24.5 Å². The van der Waals surface area contributed by atoms with Gasteiger partial charge >= 0.3 is 0 Å². The Bertz CT molecular complexity index is 870. The first-order chi connectivity index (χ1) is 14.1. The molecule has 1 saturated heterocycles. The van der Waals surface area contributed by atoms with Crippen LogP contribution in [0.5, 0.6) is 5.75 Å². The van der Waals surface area contributed by atoms with E-state index in [1.54, 1.807) is 6.92 Å². The predicted octanol–water partition coefficient (Wildman–Crippen LogP) is 3.95. The largest absolute Gasteiger partial charge is 0.493 e. The zero-order chi connectivity index (χ0) is 20.4. The molecule has 3 heterocycles. The second kappa shape index (κ2) is 8.57. The number of nitrogens with zero attached hydrogens (tertiary/aromatic N) is 3. The molecule has 1 N–H and O–H groups in total. The van der Waals surface area contributed by atoms with Crippen LogP contribution in [0.25, 0.3) is 11.1 Å². The molecular weight excluding hydrogens is 364 g/mol. The minimum absolute atomic E-state index is 0.0892. The van der Waals surface area contributed by atoms with Crippen molar-refractivity contribution in [3.63, 3.8) is 0 Å². The van der Waals surface area contributed by atoms with Gasteiger partial charge in [0.15, 0.2) is 0 Å². The SMILES string of the molecule is CCCOc1c(-c2cnn(C3CCNCC3)c2)ccc2c1CCC(C)N2C(C)=O. The molecule has 6 heteroatoms. The molecule has 2 aromatic rings. The molecule has 2 aliphatic rings. The number of fused-ring (bicyclic) bond motifs is 1. The lowest BCUT2D eigenvalue weighted by atomic mass is 9.92. The Labute approximate surface area is 173 Å². The number of amides is 1. The lowest BCUT2D eigenvalue weighted by Gasteiger charge is -2.36. The van der Waals surface area contributed by atoms with Crippen LogP contribution in [0.1, 0.15) is 58.1 Å². The Morgan fingerprint density at radius 2 is 2.07 bits per heavy atom. The van der Waals surface area contributed by atoms with Gasteiger partial charge < -0.3 is 15.0 Å². The summed E-state index contributed by atoms with van der Waals surface area (Å²) in [4.78, 5) is 14.2. The third-order valence-electron chi connectivity index (χ3n) is 6.13. The highest BCUT2D eigenvalue weighted by Gasteiger charge is 2.30. The molecule has 1 atom stereocenters. The summed E-state index contributed by atoms with van der Waals surface area (Å²) in [6.45, 7) is 8.64. The smallest absolute Gasteiger partial charge is 0.224 e. The molecule has 0 saturated carbocycles. The second-order valence-corrected chi connectivity index (χ2v) is 8.26. The Morgan fingerprint density at radius 1 is 1.28 bits per heavy atom. The van der Waals surface area contributed by atoms with E-state index < -0.39 is 0 Å². The number of piperidine rings is 1. The highest BCUT2D eigenvalue weighted by molar-refractivity contribution is 5.95. The van der Waals surface area contributed by atoms with E-state index in [4.69, 9.17) is 4.74 Å². The van der Waals surface area contributed by atoms with Crippen molar-refractivity contribution < 1.29 is 9.53 Å². The molecule has 4 rings (SSSR count). The maximum absolute atomic E-state index is 12.3. The lowest BCUT2D eigenvalue weighted by molar-refractivity contribution is -0.117.